The molecule has 2 aromatic heterocycles. The highest BCUT2D eigenvalue weighted by atomic mass is 16.5. The van der Waals surface area contributed by atoms with Gasteiger partial charge in [-0.05, 0) is 39.0 Å². The van der Waals surface area contributed by atoms with Crippen LogP contribution in [0.4, 0.5) is 5.69 Å². The molecule has 2 unspecified atom stereocenters. The van der Waals surface area contributed by atoms with Gasteiger partial charge in [-0.3, -0.25) is 0 Å². The summed E-state index contributed by atoms with van der Waals surface area (Å²) >= 11 is 0. The standard InChI is InChI=1S/C23H27N3O7/c1-4-31-23(30)18-9-25-22-16(6-5-12(2)26-22)21(18)33-13(3)17-7-15(8-19(29)20(17)24)32-11-14(28)10-27/h5-9,13-14,27-29H,4,10-11,24H2,1-3H3. The first kappa shape index (κ1) is 24.0. The molecule has 1 aromatic carbocycles. The Balaban J connectivity index is 2.02. The number of carbonyl (C=O) groups excluding carboxylic acids is 1. The first-order valence-electron chi connectivity index (χ1n) is 10.4. The van der Waals surface area contributed by atoms with Crippen LogP contribution in [-0.2, 0) is 4.74 Å². The lowest BCUT2D eigenvalue weighted by atomic mass is 10.1. The van der Waals surface area contributed by atoms with Crippen LogP contribution >= 0.6 is 0 Å². The predicted molar refractivity (Wildman–Crippen MR) is 120 cm³/mol. The molecule has 33 heavy (non-hydrogen) atoms. The Labute approximate surface area is 190 Å². The molecule has 0 aliphatic carbocycles. The minimum Gasteiger partial charge on any atom is -0.506 e. The maximum atomic E-state index is 12.6. The van der Waals surface area contributed by atoms with Gasteiger partial charge in [-0.2, -0.15) is 0 Å². The number of rotatable bonds is 9. The molecule has 0 amide bonds. The van der Waals surface area contributed by atoms with Crippen molar-refractivity contribution in [3.8, 4) is 17.2 Å². The summed E-state index contributed by atoms with van der Waals surface area (Å²) in [6.45, 7) is 4.75. The number of esters is 1. The Morgan fingerprint density at radius 1 is 1.27 bits per heavy atom. The van der Waals surface area contributed by atoms with Crippen LogP contribution in [0, 0.1) is 6.92 Å². The van der Waals surface area contributed by atoms with Gasteiger partial charge < -0.3 is 35.3 Å². The first-order chi connectivity index (χ1) is 15.7. The van der Waals surface area contributed by atoms with Crippen LogP contribution in [0.5, 0.6) is 17.2 Å². The maximum Gasteiger partial charge on any atom is 0.343 e. The van der Waals surface area contributed by atoms with E-state index in [9.17, 15) is 15.0 Å². The van der Waals surface area contributed by atoms with Gasteiger partial charge >= 0.3 is 5.97 Å². The van der Waals surface area contributed by atoms with Gasteiger partial charge in [0.25, 0.3) is 0 Å². The molecule has 0 radical (unpaired) electrons. The second kappa shape index (κ2) is 10.3. The van der Waals surface area contributed by atoms with E-state index in [1.807, 2.05) is 6.92 Å². The number of hydrogen-bond donors (Lipinski definition) is 4. The SMILES string of the molecule is CCOC(=O)c1cnc2nc(C)ccc2c1OC(C)c1cc(OCC(O)CO)cc(O)c1N. The number of nitrogens with zero attached hydrogens (tertiary/aromatic N) is 2. The number of nitrogens with two attached hydrogens (primary N) is 1. The van der Waals surface area contributed by atoms with Crippen molar-refractivity contribution in [1.29, 1.82) is 0 Å². The second-order valence-corrected chi connectivity index (χ2v) is 7.40. The predicted octanol–water partition coefficient (Wildman–Crippen LogP) is 2.27. The normalized spacial score (nSPS) is 12.9. The average Bonchev–Trinajstić information content (AvgIpc) is 2.79. The number of phenolic OH excluding ortho intramolecular Hbond substituents is 1. The molecule has 5 N–H and O–H groups in total. The largest absolute Gasteiger partial charge is 0.506 e. The minimum atomic E-state index is -1.08. The number of fused-ring (bicyclic) bond motifs is 1. The summed E-state index contributed by atoms with van der Waals surface area (Å²) in [6, 6.07) is 6.39. The van der Waals surface area contributed by atoms with Gasteiger partial charge in [0.15, 0.2) is 5.65 Å². The third kappa shape index (κ3) is 5.41. The van der Waals surface area contributed by atoms with Crippen LogP contribution in [0.25, 0.3) is 11.0 Å². The summed E-state index contributed by atoms with van der Waals surface area (Å²) in [5, 5.41) is 29.3. The summed E-state index contributed by atoms with van der Waals surface area (Å²) in [6.07, 6.45) is -0.457. The molecule has 2 atom stereocenters. The fourth-order valence-electron chi connectivity index (χ4n) is 3.17. The van der Waals surface area contributed by atoms with Crippen LogP contribution in [0.2, 0.25) is 0 Å². The smallest absolute Gasteiger partial charge is 0.343 e. The zero-order chi connectivity index (χ0) is 24.1. The molecule has 0 aliphatic rings. The maximum absolute atomic E-state index is 12.6. The van der Waals surface area contributed by atoms with Crippen molar-refractivity contribution in [1.82, 2.24) is 9.97 Å². The fourth-order valence-corrected chi connectivity index (χ4v) is 3.17. The molecule has 10 heteroatoms. The van der Waals surface area contributed by atoms with E-state index in [0.717, 1.165) is 5.69 Å². The van der Waals surface area contributed by atoms with E-state index in [4.69, 9.17) is 25.1 Å². The van der Waals surface area contributed by atoms with Crippen LogP contribution in [0.3, 0.4) is 0 Å². The van der Waals surface area contributed by atoms with Gasteiger partial charge in [0.2, 0.25) is 0 Å². The summed E-state index contributed by atoms with van der Waals surface area (Å²) in [5.41, 5.74) is 7.82. The quantitative estimate of drug-likeness (QED) is 0.213. The summed E-state index contributed by atoms with van der Waals surface area (Å²) in [5.74, 6) is -0.388. The van der Waals surface area contributed by atoms with E-state index in [2.05, 4.69) is 9.97 Å². The van der Waals surface area contributed by atoms with Crippen molar-refractivity contribution >= 4 is 22.7 Å². The highest BCUT2D eigenvalue weighted by Gasteiger charge is 2.23. The number of nitrogen functional groups attached to an aromatic ring is 1. The van der Waals surface area contributed by atoms with Crippen LogP contribution in [0.1, 0.15) is 41.6 Å². The number of pyridine rings is 2. The number of aromatic nitrogens is 2. The van der Waals surface area contributed by atoms with Crippen LogP contribution in [0.15, 0.2) is 30.5 Å². The molecular formula is C23H27N3O7. The van der Waals surface area contributed by atoms with Crippen molar-refractivity contribution in [2.24, 2.45) is 0 Å². The number of aliphatic hydroxyl groups is 2. The number of aromatic hydroxyl groups is 1. The molecule has 0 fully saturated rings. The van der Waals surface area contributed by atoms with Crippen molar-refractivity contribution in [3.63, 3.8) is 0 Å². The molecule has 0 bridgehead atoms. The van der Waals surface area contributed by atoms with Crippen LogP contribution in [-0.4, -0.2) is 57.2 Å². The summed E-state index contributed by atoms with van der Waals surface area (Å²) in [7, 11) is 0. The summed E-state index contributed by atoms with van der Waals surface area (Å²) < 4.78 is 16.8. The van der Waals surface area contributed by atoms with E-state index in [1.54, 1.807) is 32.0 Å². The van der Waals surface area contributed by atoms with Gasteiger partial charge in [0, 0.05) is 23.5 Å². The number of aliphatic hydroxyl groups excluding tert-OH is 2. The lowest BCUT2D eigenvalue weighted by molar-refractivity contribution is 0.0519. The molecule has 0 aliphatic heterocycles. The van der Waals surface area contributed by atoms with Crippen molar-refractivity contribution in [2.75, 3.05) is 25.6 Å². The van der Waals surface area contributed by atoms with Crippen molar-refractivity contribution in [2.45, 2.75) is 33.0 Å². The Morgan fingerprint density at radius 2 is 2.03 bits per heavy atom. The average molecular weight is 457 g/mol. The van der Waals surface area contributed by atoms with E-state index in [-0.39, 0.29) is 41.7 Å². The lowest BCUT2D eigenvalue weighted by Crippen LogP contribution is -2.21. The topological polar surface area (TPSA) is 157 Å². The highest BCUT2D eigenvalue weighted by molar-refractivity contribution is 5.98. The number of benzene rings is 1. The number of ether oxygens (including phenoxy) is 3. The molecule has 3 rings (SSSR count). The molecule has 2 heterocycles. The Kier molecular flexibility index (Phi) is 7.52. The van der Waals surface area contributed by atoms with E-state index in [1.165, 1.54) is 12.3 Å². The van der Waals surface area contributed by atoms with Gasteiger partial charge in [-0.25, -0.2) is 14.8 Å². The molecule has 3 aromatic rings. The number of anilines is 1. The zero-order valence-corrected chi connectivity index (χ0v) is 18.6. The van der Waals surface area contributed by atoms with Crippen LogP contribution < -0.4 is 15.2 Å². The fraction of sp³-hybridized carbons (Fsp3) is 0.348. The second-order valence-electron chi connectivity index (χ2n) is 7.40. The third-order valence-corrected chi connectivity index (χ3v) is 4.86. The molecule has 0 saturated carbocycles. The highest BCUT2D eigenvalue weighted by Crippen LogP contribution is 2.38. The van der Waals surface area contributed by atoms with Gasteiger partial charge in [-0.1, -0.05) is 0 Å². The number of carbonyl (C=O) groups is 1. The molecule has 0 saturated heterocycles. The van der Waals surface area contributed by atoms with Crippen molar-refractivity contribution < 1.29 is 34.3 Å². The van der Waals surface area contributed by atoms with Gasteiger partial charge in [0.05, 0.1) is 24.3 Å². The zero-order valence-electron chi connectivity index (χ0n) is 18.6. The lowest BCUT2D eigenvalue weighted by Gasteiger charge is -2.21. The van der Waals surface area contributed by atoms with E-state index >= 15 is 0 Å². The minimum absolute atomic E-state index is 0.0718. The molecule has 10 nitrogen and oxygen atoms in total. The number of aryl methyl sites for hydroxylation is 1. The number of hydrogen-bond acceptors (Lipinski definition) is 10. The summed E-state index contributed by atoms with van der Waals surface area (Å²) in [4.78, 5) is 21.2. The third-order valence-electron chi connectivity index (χ3n) is 4.86. The van der Waals surface area contributed by atoms with Gasteiger partial charge in [0.1, 0.15) is 41.6 Å². The molecule has 176 valence electrons. The Hall–Kier alpha value is -3.63. The van der Waals surface area contributed by atoms with Gasteiger partial charge in [-0.15, -0.1) is 0 Å². The molecular weight excluding hydrogens is 430 g/mol. The monoisotopic (exact) mass is 457 g/mol. The first-order valence-corrected chi connectivity index (χ1v) is 10.4. The van der Waals surface area contributed by atoms with E-state index < -0.39 is 24.8 Å². The number of phenols is 1. The molecule has 0 spiro atoms. The Bertz CT molecular complexity index is 1150. The van der Waals surface area contributed by atoms with E-state index in [0.29, 0.717) is 16.6 Å². The Morgan fingerprint density at radius 3 is 2.73 bits per heavy atom. The van der Waals surface area contributed by atoms with Crippen molar-refractivity contribution in [3.05, 3.63) is 47.3 Å².